The van der Waals surface area contributed by atoms with Crippen LogP contribution in [0.5, 0.6) is 0 Å². The molecule has 5 nitrogen and oxygen atoms in total. The minimum absolute atomic E-state index is 0.227. The number of rotatable bonds is 7. The predicted molar refractivity (Wildman–Crippen MR) is 97.9 cm³/mol. The standard InChI is InChI=1S/C20H18F3N3O2/c21-20(22,23)14-28-13-16-7-4-8-17(9-16)19(27)25-18-10-24-26(12-18)11-15-5-2-1-3-6-15/h1-10,12H,11,13-14H2,(H,25,27). The van der Waals surface area contributed by atoms with Gasteiger partial charge in [-0.15, -0.1) is 0 Å². The van der Waals surface area contributed by atoms with Crippen molar-refractivity contribution >= 4 is 11.6 Å². The van der Waals surface area contributed by atoms with Crippen LogP contribution in [0.4, 0.5) is 18.9 Å². The second-order valence-corrected chi connectivity index (χ2v) is 6.17. The number of carbonyl (C=O) groups excluding carboxylic acids is 1. The van der Waals surface area contributed by atoms with Gasteiger partial charge in [-0.1, -0.05) is 42.5 Å². The molecule has 0 radical (unpaired) electrons. The van der Waals surface area contributed by atoms with Gasteiger partial charge in [0.1, 0.15) is 6.61 Å². The molecule has 3 rings (SSSR count). The smallest absolute Gasteiger partial charge is 0.367 e. The number of aromatic nitrogens is 2. The minimum Gasteiger partial charge on any atom is -0.367 e. The van der Waals surface area contributed by atoms with Crippen molar-refractivity contribution in [1.82, 2.24) is 9.78 Å². The zero-order valence-electron chi connectivity index (χ0n) is 14.8. The average molecular weight is 389 g/mol. The third-order valence-electron chi connectivity index (χ3n) is 3.80. The number of amides is 1. The molecule has 3 aromatic rings. The summed E-state index contributed by atoms with van der Waals surface area (Å²) in [6.07, 6.45) is -1.13. The highest BCUT2D eigenvalue weighted by Gasteiger charge is 2.27. The van der Waals surface area contributed by atoms with E-state index >= 15 is 0 Å². The van der Waals surface area contributed by atoms with Gasteiger partial charge in [-0.25, -0.2) is 0 Å². The fraction of sp³-hybridized carbons (Fsp3) is 0.200. The van der Waals surface area contributed by atoms with Crippen molar-refractivity contribution in [2.45, 2.75) is 19.3 Å². The molecule has 28 heavy (non-hydrogen) atoms. The van der Waals surface area contributed by atoms with Crippen LogP contribution >= 0.6 is 0 Å². The van der Waals surface area contributed by atoms with Gasteiger partial charge in [0.05, 0.1) is 25.0 Å². The Labute approximate surface area is 159 Å². The van der Waals surface area contributed by atoms with Crippen molar-refractivity contribution in [2.24, 2.45) is 0 Å². The highest BCUT2D eigenvalue weighted by molar-refractivity contribution is 6.04. The first kappa shape index (κ1) is 19.6. The molecule has 0 aliphatic rings. The second-order valence-electron chi connectivity index (χ2n) is 6.17. The first-order chi connectivity index (χ1) is 13.4. The number of alkyl halides is 3. The Kier molecular flexibility index (Phi) is 6.10. The van der Waals surface area contributed by atoms with E-state index in [4.69, 9.17) is 0 Å². The van der Waals surface area contributed by atoms with E-state index in [1.54, 1.807) is 29.1 Å². The van der Waals surface area contributed by atoms with E-state index in [0.29, 0.717) is 23.4 Å². The zero-order chi connectivity index (χ0) is 20.0. The number of ether oxygens (including phenoxy) is 1. The summed E-state index contributed by atoms with van der Waals surface area (Å²) in [6.45, 7) is -0.984. The van der Waals surface area contributed by atoms with Crippen molar-refractivity contribution in [2.75, 3.05) is 11.9 Å². The van der Waals surface area contributed by atoms with Crippen LogP contribution in [0.25, 0.3) is 0 Å². The molecule has 2 aromatic carbocycles. The molecule has 146 valence electrons. The molecule has 0 fully saturated rings. The highest BCUT2D eigenvalue weighted by Crippen LogP contribution is 2.16. The van der Waals surface area contributed by atoms with E-state index < -0.39 is 12.8 Å². The first-order valence-corrected chi connectivity index (χ1v) is 8.50. The number of halogens is 3. The average Bonchev–Trinajstić information content (AvgIpc) is 3.08. The molecule has 1 amide bonds. The molecule has 0 spiro atoms. The number of nitrogens with one attached hydrogen (secondary N) is 1. The van der Waals surface area contributed by atoms with Gasteiger partial charge < -0.3 is 10.1 Å². The van der Waals surface area contributed by atoms with Crippen molar-refractivity contribution in [3.05, 3.63) is 83.7 Å². The van der Waals surface area contributed by atoms with Crippen LogP contribution in [0.2, 0.25) is 0 Å². The molecule has 0 atom stereocenters. The molecule has 1 N–H and O–H groups in total. The maximum Gasteiger partial charge on any atom is 0.411 e. The number of nitrogens with zero attached hydrogens (tertiary/aromatic N) is 2. The van der Waals surface area contributed by atoms with Crippen molar-refractivity contribution < 1.29 is 22.7 Å². The van der Waals surface area contributed by atoms with Crippen molar-refractivity contribution in [1.29, 1.82) is 0 Å². The lowest BCUT2D eigenvalue weighted by molar-refractivity contribution is -0.176. The van der Waals surface area contributed by atoms with Gasteiger partial charge in [-0.2, -0.15) is 18.3 Å². The van der Waals surface area contributed by atoms with Crippen LogP contribution in [0.3, 0.4) is 0 Å². The second kappa shape index (κ2) is 8.71. The summed E-state index contributed by atoms with van der Waals surface area (Å²) in [6, 6.07) is 16.0. The molecule has 0 saturated carbocycles. The maximum atomic E-state index is 12.4. The minimum atomic E-state index is -4.38. The van der Waals surface area contributed by atoms with E-state index in [0.717, 1.165) is 5.56 Å². The number of benzene rings is 2. The molecule has 8 heteroatoms. The first-order valence-electron chi connectivity index (χ1n) is 8.50. The van der Waals surface area contributed by atoms with E-state index in [-0.39, 0.29) is 12.5 Å². The quantitative estimate of drug-likeness (QED) is 0.657. The summed E-state index contributed by atoms with van der Waals surface area (Å²) < 4.78 is 42.8. The Morgan fingerprint density at radius 1 is 1.07 bits per heavy atom. The molecule has 0 saturated heterocycles. The number of anilines is 1. The van der Waals surface area contributed by atoms with Gasteiger partial charge in [-0.3, -0.25) is 9.48 Å². The molecular weight excluding hydrogens is 371 g/mol. The molecule has 0 unspecified atom stereocenters. The number of carbonyl (C=O) groups is 1. The van der Waals surface area contributed by atoms with Gasteiger partial charge in [0.25, 0.3) is 5.91 Å². The van der Waals surface area contributed by atoms with E-state index in [2.05, 4.69) is 15.2 Å². The van der Waals surface area contributed by atoms with Crippen LogP contribution < -0.4 is 5.32 Å². The van der Waals surface area contributed by atoms with Crippen LogP contribution in [0, 0.1) is 0 Å². The normalized spacial score (nSPS) is 11.4. The summed E-state index contributed by atoms with van der Waals surface area (Å²) in [5.41, 5.74) is 2.41. The molecule has 0 aliphatic heterocycles. The SMILES string of the molecule is O=C(Nc1cnn(Cc2ccccc2)c1)c1cccc(COCC(F)(F)F)c1. The van der Waals surface area contributed by atoms with E-state index in [9.17, 15) is 18.0 Å². The summed E-state index contributed by atoms with van der Waals surface area (Å²) >= 11 is 0. The monoisotopic (exact) mass is 389 g/mol. The lowest BCUT2D eigenvalue weighted by Crippen LogP contribution is -2.17. The lowest BCUT2D eigenvalue weighted by Gasteiger charge is -2.09. The Morgan fingerprint density at radius 2 is 1.82 bits per heavy atom. The van der Waals surface area contributed by atoms with Crippen molar-refractivity contribution in [3.8, 4) is 0 Å². The lowest BCUT2D eigenvalue weighted by atomic mass is 10.1. The summed E-state index contributed by atoms with van der Waals surface area (Å²) in [5.74, 6) is -0.378. The Hall–Kier alpha value is -3.13. The molecule has 1 heterocycles. The topological polar surface area (TPSA) is 56.2 Å². The van der Waals surface area contributed by atoms with Gasteiger partial charge in [0.2, 0.25) is 0 Å². The zero-order valence-corrected chi connectivity index (χ0v) is 14.8. The van der Waals surface area contributed by atoms with Gasteiger partial charge in [0.15, 0.2) is 0 Å². The third-order valence-corrected chi connectivity index (χ3v) is 3.80. The largest absolute Gasteiger partial charge is 0.411 e. The van der Waals surface area contributed by atoms with Gasteiger partial charge in [-0.05, 0) is 23.3 Å². The highest BCUT2D eigenvalue weighted by atomic mass is 19.4. The van der Waals surface area contributed by atoms with Gasteiger partial charge in [0, 0.05) is 11.8 Å². The third kappa shape index (κ3) is 5.95. The molecule has 0 aliphatic carbocycles. The Balaban J connectivity index is 1.58. The van der Waals surface area contributed by atoms with Crippen LogP contribution in [0.15, 0.2) is 67.0 Å². The van der Waals surface area contributed by atoms with Gasteiger partial charge >= 0.3 is 6.18 Å². The van der Waals surface area contributed by atoms with E-state index in [1.165, 1.54) is 12.3 Å². The van der Waals surface area contributed by atoms with E-state index in [1.807, 2.05) is 30.3 Å². The number of hydrogen-bond acceptors (Lipinski definition) is 3. The molecule has 0 bridgehead atoms. The predicted octanol–water partition coefficient (Wildman–Crippen LogP) is 4.26. The fourth-order valence-electron chi connectivity index (χ4n) is 2.58. The Morgan fingerprint density at radius 3 is 2.57 bits per heavy atom. The number of hydrogen-bond donors (Lipinski definition) is 1. The molecular formula is C20H18F3N3O2. The van der Waals surface area contributed by atoms with Crippen LogP contribution in [0.1, 0.15) is 21.5 Å². The maximum absolute atomic E-state index is 12.4. The summed E-state index contributed by atoms with van der Waals surface area (Å²) in [4.78, 5) is 12.4. The van der Waals surface area contributed by atoms with Crippen LogP contribution in [-0.4, -0.2) is 28.5 Å². The van der Waals surface area contributed by atoms with Crippen LogP contribution in [-0.2, 0) is 17.9 Å². The summed E-state index contributed by atoms with van der Waals surface area (Å²) in [7, 11) is 0. The van der Waals surface area contributed by atoms with Crippen molar-refractivity contribution in [3.63, 3.8) is 0 Å². The summed E-state index contributed by atoms with van der Waals surface area (Å²) in [5, 5.41) is 6.94. The fourth-order valence-corrected chi connectivity index (χ4v) is 2.58. The molecule has 1 aromatic heterocycles. The Bertz CT molecular complexity index is 924.